The number of rotatable bonds is 8. The molecule has 1 aromatic heterocycles. The molecule has 0 saturated carbocycles. The highest BCUT2D eigenvalue weighted by Crippen LogP contribution is 2.20. The van der Waals surface area contributed by atoms with Crippen molar-refractivity contribution in [1.82, 2.24) is 0 Å². The summed E-state index contributed by atoms with van der Waals surface area (Å²) in [5.74, 6) is 0. The van der Waals surface area contributed by atoms with E-state index in [2.05, 4.69) is 23.8 Å². The van der Waals surface area contributed by atoms with Gasteiger partial charge in [0.2, 0.25) is 0 Å². The van der Waals surface area contributed by atoms with E-state index in [1.807, 2.05) is 0 Å². The topological polar surface area (TPSA) is 26.0 Å². The Balaban J connectivity index is 2.00. The second-order valence-corrected chi connectivity index (χ2v) is 5.00. The van der Waals surface area contributed by atoms with E-state index in [9.17, 15) is 0 Å². The van der Waals surface area contributed by atoms with Gasteiger partial charge in [-0.3, -0.25) is 0 Å². The molecular weight excluding hydrogens is 202 g/mol. The highest BCUT2D eigenvalue weighted by Gasteiger charge is 2.05. The first-order chi connectivity index (χ1) is 7.34. The maximum absolute atomic E-state index is 6.09. The van der Waals surface area contributed by atoms with Crippen LogP contribution < -0.4 is 5.73 Å². The van der Waals surface area contributed by atoms with Crippen LogP contribution in [-0.2, 0) is 0 Å². The Labute approximate surface area is 97.7 Å². The summed E-state index contributed by atoms with van der Waals surface area (Å²) in [6.07, 6.45) is 9.25. The molecule has 2 heteroatoms. The number of hydrogen-bond acceptors (Lipinski definition) is 2. The molecule has 15 heavy (non-hydrogen) atoms. The van der Waals surface area contributed by atoms with Crippen LogP contribution in [0.15, 0.2) is 16.8 Å². The van der Waals surface area contributed by atoms with Crippen molar-refractivity contribution in [1.29, 1.82) is 0 Å². The molecule has 2 N–H and O–H groups in total. The fraction of sp³-hybridized carbons (Fsp3) is 0.692. The molecule has 0 amide bonds. The monoisotopic (exact) mass is 225 g/mol. The average molecular weight is 225 g/mol. The summed E-state index contributed by atoms with van der Waals surface area (Å²) >= 11 is 1.74. The van der Waals surface area contributed by atoms with Crippen LogP contribution in [-0.4, -0.2) is 0 Å². The third-order valence-corrected chi connectivity index (χ3v) is 3.54. The summed E-state index contributed by atoms with van der Waals surface area (Å²) < 4.78 is 0. The van der Waals surface area contributed by atoms with E-state index in [0.717, 1.165) is 6.42 Å². The van der Waals surface area contributed by atoms with Gasteiger partial charge < -0.3 is 5.73 Å². The van der Waals surface area contributed by atoms with Gasteiger partial charge in [0.15, 0.2) is 0 Å². The van der Waals surface area contributed by atoms with Gasteiger partial charge in [0.05, 0.1) is 0 Å². The molecule has 0 aliphatic carbocycles. The van der Waals surface area contributed by atoms with Crippen molar-refractivity contribution in [3.63, 3.8) is 0 Å². The Hall–Kier alpha value is -0.340. The molecule has 0 aliphatic heterocycles. The molecule has 0 fully saturated rings. The van der Waals surface area contributed by atoms with Crippen LogP contribution in [0.25, 0.3) is 0 Å². The Morgan fingerprint density at radius 1 is 1.20 bits per heavy atom. The van der Waals surface area contributed by atoms with E-state index in [0.29, 0.717) is 0 Å². The fourth-order valence-corrected chi connectivity index (χ4v) is 2.52. The van der Waals surface area contributed by atoms with Gasteiger partial charge in [0.1, 0.15) is 0 Å². The van der Waals surface area contributed by atoms with E-state index < -0.39 is 0 Å². The van der Waals surface area contributed by atoms with Gasteiger partial charge in [-0.05, 0) is 28.8 Å². The Bertz CT molecular complexity index is 231. The zero-order chi connectivity index (χ0) is 10.9. The van der Waals surface area contributed by atoms with Crippen LogP contribution in [0, 0.1) is 0 Å². The van der Waals surface area contributed by atoms with Crippen molar-refractivity contribution in [2.24, 2.45) is 5.73 Å². The molecule has 86 valence electrons. The van der Waals surface area contributed by atoms with E-state index in [1.54, 1.807) is 11.3 Å². The molecule has 1 rings (SSSR count). The standard InChI is InChI=1S/C13H23NS/c1-2-3-4-5-6-7-8-13(14)12-9-10-15-11-12/h9-11,13H,2-8,14H2,1H3. The Morgan fingerprint density at radius 3 is 2.60 bits per heavy atom. The van der Waals surface area contributed by atoms with Crippen LogP contribution in [0.1, 0.15) is 63.5 Å². The predicted octanol–water partition coefficient (Wildman–Crippen LogP) is 4.50. The molecule has 0 spiro atoms. The minimum absolute atomic E-state index is 0.266. The van der Waals surface area contributed by atoms with Crippen LogP contribution in [0.3, 0.4) is 0 Å². The van der Waals surface area contributed by atoms with Gasteiger partial charge in [0, 0.05) is 6.04 Å². The zero-order valence-electron chi connectivity index (χ0n) is 9.74. The molecule has 1 nitrogen and oxygen atoms in total. The molecule has 1 atom stereocenters. The van der Waals surface area contributed by atoms with Crippen LogP contribution in [0.5, 0.6) is 0 Å². The predicted molar refractivity (Wildman–Crippen MR) is 69.2 cm³/mol. The summed E-state index contributed by atoms with van der Waals surface area (Å²) in [5.41, 5.74) is 7.40. The first-order valence-electron chi connectivity index (χ1n) is 6.12. The molecule has 0 saturated heterocycles. The molecular formula is C13H23NS. The van der Waals surface area contributed by atoms with Crippen molar-refractivity contribution >= 4 is 11.3 Å². The van der Waals surface area contributed by atoms with Crippen LogP contribution in [0.4, 0.5) is 0 Å². The third kappa shape index (κ3) is 5.33. The molecule has 0 radical (unpaired) electrons. The summed E-state index contributed by atoms with van der Waals surface area (Å²) in [4.78, 5) is 0. The fourth-order valence-electron chi connectivity index (χ4n) is 1.80. The maximum Gasteiger partial charge on any atom is 0.0303 e. The molecule has 1 unspecified atom stereocenters. The highest BCUT2D eigenvalue weighted by molar-refractivity contribution is 7.07. The van der Waals surface area contributed by atoms with Crippen molar-refractivity contribution in [2.75, 3.05) is 0 Å². The van der Waals surface area contributed by atoms with Gasteiger partial charge in [-0.15, -0.1) is 0 Å². The van der Waals surface area contributed by atoms with Crippen LogP contribution in [0.2, 0.25) is 0 Å². The summed E-state index contributed by atoms with van der Waals surface area (Å²) in [5, 5.41) is 4.28. The lowest BCUT2D eigenvalue weighted by molar-refractivity contribution is 0.548. The largest absolute Gasteiger partial charge is 0.324 e. The van der Waals surface area contributed by atoms with Gasteiger partial charge >= 0.3 is 0 Å². The molecule has 1 heterocycles. The SMILES string of the molecule is CCCCCCCCC(N)c1ccsc1. The zero-order valence-corrected chi connectivity index (χ0v) is 10.6. The smallest absolute Gasteiger partial charge is 0.0303 e. The van der Waals surface area contributed by atoms with Gasteiger partial charge in [-0.25, -0.2) is 0 Å². The minimum atomic E-state index is 0.266. The second-order valence-electron chi connectivity index (χ2n) is 4.22. The third-order valence-electron chi connectivity index (χ3n) is 2.84. The lowest BCUT2D eigenvalue weighted by Gasteiger charge is -2.09. The number of unbranched alkanes of at least 4 members (excludes halogenated alkanes) is 5. The highest BCUT2D eigenvalue weighted by atomic mass is 32.1. The quantitative estimate of drug-likeness (QED) is 0.648. The Morgan fingerprint density at radius 2 is 1.93 bits per heavy atom. The number of hydrogen-bond donors (Lipinski definition) is 1. The first-order valence-corrected chi connectivity index (χ1v) is 7.06. The van der Waals surface area contributed by atoms with E-state index in [-0.39, 0.29) is 6.04 Å². The average Bonchev–Trinajstić information content (AvgIpc) is 2.76. The molecule has 0 bridgehead atoms. The summed E-state index contributed by atoms with van der Waals surface area (Å²) in [7, 11) is 0. The molecule has 0 aromatic carbocycles. The summed E-state index contributed by atoms with van der Waals surface area (Å²) in [6, 6.07) is 2.41. The van der Waals surface area contributed by atoms with Crippen molar-refractivity contribution < 1.29 is 0 Å². The number of nitrogens with two attached hydrogens (primary N) is 1. The first kappa shape index (κ1) is 12.7. The van der Waals surface area contributed by atoms with Crippen molar-refractivity contribution in [2.45, 2.75) is 57.9 Å². The van der Waals surface area contributed by atoms with Crippen molar-refractivity contribution in [3.8, 4) is 0 Å². The lowest BCUT2D eigenvalue weighted by Crippen LogP contribution is -2.08. The molecule has 0 aliphatic rings. The second kappa shape index (κ2) is 7.89. The molecule has 1 aromatic rings. The number of thiophene rings is 1. The summed E-state index contributed by atoms with van der Waals surface area (Å²) in [6.45, 7) is 2.26. The van der Waals surface area contributed by atoms with Gasteiger partial charge in [-0.1, -0.05) is 45.4 Å². The minimum Gasteiger partial charge on any atom is -0.324 e. The van der Waals surface area contributed by atoms with Crippen LogP contribution >= 0.6 is 11.3 Å². The lowest BCUT2D eigenvalue weighted by atomic mass is 10.0. The Kier molecular flexibility index (Phi) is 6.69. The van der Waals surface area contributed by atoms with Crippen molar-refractivity contribution in [3.05, 3.63) is 22.4 Å². The van der Waals surface area contributed by atoms with Gasteiger partial charge in [0.25, 0.3) is 0 Å². The van der Waals surface area contributed by atoms with E-state index in [1.165, 1.54) is 44.1 Å². The van der Waals surface area contributed by atoms with E-state index in [4.69, 9.17) is 5.73 Å². The van der Waals surface area contributed by atoms with E-state index >= 15 is 0 Å². The normalized spacial score (nSPS) is 12.9. The van der Waals surface area contributed by atoms with Gasteiger partial charge in [-0.2, -0.15) is 11.3 Å². The maximum atomic E-state index is 6.09.